The number of nitrogens with one attached hydrogen (secondary N) is 1. The molecule has 3 N–H and O–H groups in total. The van der Waals surface area contributed by atoms with Crippen molar-refractivity contribution in [1.82, 2.24) is 15.2 Å². The Hall–Kier alpha value is -1.60. The van der Waals surface area contributed by atoms with E-state index in [0.29, 0.717) is 10.8 Å². The van der Waals surface area contributed by atoms with Gasteiger partial charge < -0.3 is 11.1 Å². The molecule has 2 heterocycles. The SMILES string of the molecule is Cc1nnc(Nc2nc(C(C)(C)C)cs2)c(C(N)=S)c1C. The quantitative estimate of drug-likeness (QED) is 0.845. The molecule has 0 bridgehead atoms. The number of aromatic nitrogens is 3. The van der Waals surface area contributed by atoms with E-state index in [9.17, 15) is 0 Å². The minimum Gasteiger partial charge on any atom is -0.389 e. The molecule has 0 aliphatic heterocycles. The highest BCUT2D eigenvalue weighted by Gasteiger charge is 2.19. The minimum atomic E-state index is 0.0112. The molecule has 0 fully saturated rings. The predicted molar refractivity (Wildman–Crippen MR) is 91.5 cm³/mol. The normalized spacial score (nSPS) is 11.5. The Balaban J connectivity index is 2.38. The Bertz CT molecular complexity index is 685. The van der Waals surface area contributed by atoms with E-state index in [2.05, 4.69) is 41.3 Å². The summed E-state index contributed by atoms with van der Waals surface area (Å²) in [6.07, 6.45) is 0. The summed E-state index contributed by atoms with van der Waals surface area (Å²) in [5, 5.41) is 14.3. The minimum absolute atomic E-state index is 0.0112. The van der Waals surface area contributed by atoms with Gasteiger partial charge >= 0.3 is 0 Å². The maximum Gasteiger partial charge on any atom is 0.188 e. The Morgan fingerprint density at radius 2 is 1.95 bits per heavy atom. The lowest BCUT2D eigenvalue weighted by Gasteiger charge is -2.14. The van der Waals surface area contributed by atoms with Gasteiger partial charge in [0.25, 0.3) is 0 Å². The molecular weight excluding hydrogens is 302 g/mol. The number of nitrogens with zero attached hydrogens (tertiary/aromatic N) is 3. The van der Waals surface area contributed by atoms with Gasteiger partial charge in [0.2, 0.25) is 0 Å². The second kappa shape index (κ2) is 5.65. The van der Waals surface area contributed by atoms with Crippen molar-refractivity contribution in [2.45, 2.75) is 40.0 Å². The summed E-state index contributed by atoms with van der Waals surface area (Å²) in [7, 11) is 0. The largest absolute Gasteiger partial charge is 0.389 e. The number of nitrogens with two attached hydrogens (primary N) is 1. The fourth-order valence-corrected chi connectivity index (χ4v) is 2.96. The zero-order valence-electron chi connectivity index (χ0n) is 12.8. The lowest BCUT2D eigenvalue weighted by molar-refractivity contribution is 0.573. The highest BCUT2D eigenvalue weighted by atomic mass is 32.1. The molecule has 0 saturated heterocycles. The average Bonchev–Trinajstić information content (AvgIpc) is 2.82. The van der Waals surface area contributed by atoms with E-state index in [1.165, 1.54) is 11.3 Å². The van der Waals surface area contributed by atoms with Gasteiger partial charge in [0.1, 0.15) is 4.99 Å². The predicted octanol–water partition coefficient (Wildman–Crippen LogP) is 3.23. The first-order valence-corrected chi connectivity index (χ1v) is 7.85. The summed E-state index contributed by atoms with van der Waals surface area (Å²) < 4.78 is 0. The van der Waals surface area contributed by atoms with Crippen molar-refractivity contribution in [2.24, 2.45) is 5.73 Å². The van der Waals surface area contributed by atoms with Crippen LogP contribution < -0.4 is 11.1 Å². The molecule has 0 spiro atoms. The summed E-state index contributed by atoms with van der Waals surface area (Å²) in [5.41, 5.74) is 9.34. The zero-order chi connectivity index (χ0) is 15.8. The van der Waals surface area contributed by atoms with Crippen molar-refractivity contribution in [3.05, 3.63) is 27.9 Å². The maximum absolute atomic E-state index is 5.82. The van der Waals surface area contributed by atoms with Crippen LogP contribution in [0.2, 0.25) is 0 Å². The lowest BCUT2D eigenvalue weighted by Crippen LogP contribution is -2.17. The van der Waals surface area contributed by atoms with E-state index in [1.807, 2.05) is 19.2 Å². The molecule has 0 atom stereocenters. The first kappa shape index (κ1) is 15.8. The molecule has 0 unspecified atom stereocenters. The standard InChI is InChI=1S/C14H19N5S2/c1-7-8(2)18-19-12(10(7)11(15)20)17-13-16-9(6-21-13)14(3,4)5/h6H,1-5H3,(H2,15,20)(H,16,17,19). The van der Waals surface area contributed by atoms with E-state index >= 15 is 0 Å². The first-order chi connectivity index (χ1) is 9.70. The topological polar surface area (TPSA) is 76.7 Å². The van der Waals surface area contributed by atoms with Crippen molar-refractivity contribution in [2.75, 3.05) is 5.32 Å². The Labute approximate surface area is 134 Å². The molecule has 0 radical (unpaired) electrons. The highest BCUT2D eigenvalue weighted by molar-refractivity contribution is 7.80. The van der Waals surface area contributed by atoms with Gasteiger partial charge in [-0.25, -0.2) is 4.98 Å². The molecule has 2 aromatic heterocycles. The van der Waals surface area contributed by atoms with Crippen LogP contribution in [0.4, 0.5) is 10.9 Å². The first-order valence-electron chi connectivity index (χ1n) is 6.57. The summed E-state index contributed by atoms with van der Waals surface area (Å²) in [6.45, 7) is 10.2. The van der Waals surface area contributed by atoms with Gasteiger partial charge in [-0.2, -0.15) is 5.10 Å². The lowest BCUT2D eigenvalue weighted by atomic mass is 9.93. The average molecular weight is 321 g/mol. The number of thiazole rings is 1. The van der Waals surface area contributed by atoms with Gasteiger partial charge in [-0.1, -0.05) is 33.0 Å². The van der Waals surface area contributed by atoms with Gasteiger partial charge in [0.05, 0.1) is 17.0 Å². The zero-order valence-corrected chi connectivity index (χ0v) is 14.4. The van der Waals surface area contributed by atoms with Crippen LogP contribution >= 0.6 is 23.6 Å². The van der Waals surface area contributed by atoms with Crippen LogP contribution in [0, 0.1) is 13.8 Å². The van der Waals surface area contributed by atoms with Crippen LogP contribution in [0.5, 0.6) is 0 Å². The Kier molecular flexibility index (Phi) is 4.25. The van der Waals surface area contributed by atoms with Gasteiger partial charge in [-0.05, 0) is 19.4 Å². The van der Waals surface area contributed by atoms with Crippen LogP contribution in [0.15, 0.2) is 5.38 Å². The highest BCUT2D eigenvalue weighted by Crippen LogP contribution is 2.29. The smallest absolute Gasteiger partial charge is 0.188 e. The van der Waals surface area contributed by atoms with Gasteiger partial charge in [0.15, 0.2) is 10.9 Å². The molecule has 0 aliphatic carbocycles. The van der Waals surface area contributed by atoms with E-state index in [4.69, 9.17) is 18.0 Å². The van der Waals surface area contributed by atoms with Crippen LogP contribution in [0.1, 0.15) is 43.3 Å². The molecule has 7 heteroatoms. The molecule has 112 valence electrons. The third kappa shape index (κ3) is 3.36. The van der Waals surface area contributed by atoms with E-state index < -0.39 is 0 Å². The third-order valence-electron chi connectivity index (χ3n) is 3.20. The number of rotatable bonds is 3. The molecule has 0 aromatic carbocycles. The third-order valence-corrected chi connectivity index (χ3v) is 4.16. The number of hydrogen-bond acceptors (Lipinski definition) is 6. The molecule has 2 aromatic rings. The monoisotopic (exact) mass is 321 g/mol. The molecular formula is C14H19N5S2. The van der Waals surface area contributed by atoms with Crippen molar-refractivity contribution in [3.63, 3.8) is 0 Å². The summed E-state index contributed by atoms with van der Waals surface area (Å²) >= 11 is 6.66. The second-order valence-electron chi connectivity index (χ2n) is 5.91. The maximum atomic E-state index is 5.82. The van der Waals surface area contributed by atoms with Gasteiger partial charge in [-0.3, -0.25) is 0 Å². The van der Waals surface area contributed by atoms with E-state index in [-0.39, 0.29) is 5.41 Å². The van der Waals surface area contributed by atoms with E-state index in [1.54, 1.807) is 0 Å². The number of thiocarbonyl (C=S) groups is 1. The van der Waals surface area contributed by atoms with E-state index in [0.717, 1.165) is 27.6 Å². The second-order valence-corrected chi connectivity index (χ2v) is 7.21. The molecule has 0 amide bonds. The van der Waals surface area contributed by atoms with Crippen molar-refractivity contribution >= 4 is 39.5 Å². The van der Waals surface area contributed by atoms with Crippen LogP contribution in [0.25, 0.3) is 0 Å². The van der Waals surface area contributed by atoms with Crippen molar-refractivity contribution in [1.29, 1.82) is 0 Å². The molecule has 0 saturated carbocycles. The van der Waals surface area contributed by atoms with Gasteiger partial charge in [-0.15, -0.1) is 16.4 Å². The van der Waals surface area contributed by atoms with Crippen LogP contribution in [-0.2, 0) is 5.41 Å². The van der Waals surface area contributed by atoms with Crippen LogP contribution in [-0.4, -0.2) is 20.2 Å². The summed E-state index contributed by atoms with van der Waals surface area (Å²) in [4.78, 5) is 4.89. The van der Waals surface area contributed by atoms with Crippen LogP contribution in [0.3, 0.4) is 0 Å². The van der Waals surface area contributed by atoms with Crippen molar-refractivity contribution in [3.8, 4) is 0 Å². The van der Waals surface area contributed by atoms with Gasteiger partial charge in [0, 0.05) is 10.8 Å². The Morgan fingerprint density at radius 3 is 2.48 bits per heavy atom. The summed E-state index contributed by atoms with van der Waals surface area (Å²) in [5.74, 6) is 0.556. The number of hydrogen-bond donors (Lipinski definition) is 2. The molecule has 0 aliphatic rings. The molecule has 5 nitrogen and oxygen atoms in total. The summed E-state index contributed by atoms with van der Waals surface area (Å²) in [6, 6.07) is 0. The van der Waals surface area contributed by atoms with Crippen molar-refractivity contribution < 1.29 is 0 Å². The number of aryl methyl sites for hydroxylation is 1. The fourth-order valence-electron chi connectivity index (χ4n) is 1.77. The number of anilines is 2. The Morgan fingerprint density at radius 1 is 1.29 bits per heavy atom. The molecule has 21 heavy (non-hydrogen) atoms. The fraction of sp³-hybridized carbons (Fsp3) is 0.429. The molecule has 2 rings (SSSR count).